The highest BCUT2D eigenvalue weighted by atomic mass is 16.5. The average Bonchev–Trinajstić information content (AvgIpc) is 2.12. The molecule has 0 aliphatic rings. The van der Waals surface area contributed by atoms with Crippen LogP contribution in [0.5, 0.6) is 0 Å². The highest BCUT2D eigenvalue weighted by Crippen LogP contribution is 1.96. The fourth-order valence-corrected chi connectivity index (χ4v) is 0.330. The first-order valence-corrected chi connectivity index (χ1v) is 2.72. The molecule has 5 atom stereocenters. The van der Waals surface area contributed by atoms with Crippen LogP contribution < -0.4 is 11.5 Å². The van der Waals surface area contributed by atoms with Crippen LogP contribution in [-0.2, 0) is 4.79 Å². The summed E-state index contributed by atoms with van der Waals surface area (Å²) in [5.74, 6) is -1.40. The number of carboxylic acids is 1. The molecule has 0 aromatic rings. The molecule has 0 bridgehead atoms. The van der Waals surface area contributed by atoms with E-state index >= 15 is 0 Å². The first-order chi connectivity index (χ1) is 6.29. The highest BCUT2D eigenvalue weighted by Gasteiger charge is 2.09. The quantitative estimate of drug-likeness (QED) is 0.372. The molecule has 4 nitrogen and oxygen atoms in total. The van der Waals surface area contributed by atoms with Crippen molar-refractivity contribution >= 4 is 5.97 Å². The lowest BCUT2D eigenvalue weighted by Crippen LogP contribution is -2.29. The van der Waals surface area contributed by atoms with Gasteiger partial charge in [0.2, 0.25) is 0 Å². The first-order valence-electron chi connectivity index (χ1n) is 5.03. The van der Waals surface area contributed by atoms with E-state index in [0.717, 1.165) is 0 Å². The summed E-state index contributed by atoms with van der Waals surface area (Å²) in [6.45, 7) is -1.33. The normalized spacial score (nSPS) is 31.4. The second-order valence-corrected chi connectivity index (χ2v) is 1.63. The average molecular weight is 158 g/mol. The van der Waals surface area contributed by atoms with Gasteiger partial charge in [-0.25, -0.2) is 0 Å². The van der Waals surface area contributed by atoms with Crippen molar-refractivity contribution in [3.8, 4) is 0 Å². The van der Waals surface area contributed by atoms with Crippen LogP contribution in [0.3, 0.4) is 0 Å². The minimum absolute atomic E-state index is 1.33. The summed E-state index contributed by atoms with van der Waals surface area (Å²) >= 11 is 0. The molecule has 60 valence electrons. The lowest BCUT2D eigenvalue weighted by Gasteiger charge is -2.03. The molecule has 0 aromatic heterocycles. The molecule has 0 saturated heterocycles. The Morgan fingerprint density at radius 3 is 2.70 bits per heavy atom. The second kappa shape index (κ2) is 5.20. The summed E-state index contributed by atoms with van der Waals surface area (Å²) in [4.78, 5) is 10.4. The molecule has 5 N–H and O–H groups in total. The molecule has 0 aliphatic heterocycles. The van der Waals surface area contributed by atoms with Crippen molar-refractivity contribution in [2.75, 3.05) is 6.52 Å². The Balaban J connectivity index is 4.37. The third kappa shape index (κ3) is 4.29. The maximum Gasteiger partial charge on any atom is 0.320 e. The van der Waals surface area contributed by atoms with E-state index in [1.807, 2.05) is 0 Å². The molecule has 0 fully saturated rings. The van der Waals surface area contributed by atoms with Gasteiger partial charge in [-0.2, -0.15) is 0 Å². The van der Waals surface area contributed by atoms with Crippen LogP contribution in [0.15, 0.2) is 0 Å². The second-order valence-electron chi connectivity index (χ2n) is 1.63. The highest BCUT2D eigenvalue weighted by molar-refractivity contribution is 5.72. The Kier molecular flexibility index (Phi) is 2.24. The molecule has 0 unspecified atom stereocenters. The van der Waals surface area contributed by atoms with E-state index in [2.05, 4.69) is 0 Å². The standard InChI is InChI=1S/C6H14N2O2/c7-4-2-1-3-5(8)6(9)10/h5H,1-4,7-8H2,(H,9,10)/t5-/m0/s1/i1+1D,2+1D,3+1D,4+1D,5+1,6+1,7+1,8+1/t1-,2+,3-,4-,5+/m1. The van der Waals surface area contributed by atoms with Crippen LogP contribution in [0.4, 0.5) is 0 Å². The minimum Gasteiger partial charge on any atom is -0.480 e. The van der Waals surface area contributed by atoms with Crippen LogP contribution >= 0.6 is 0 Å². The summed E-state index contributed by atoms with van der Waals surface area (Å²) in [6.07, 6.45) is -4.18. The van der Waals surface area contributed by atoms with Crippen molar-refractivity contribution in [2.45, 2.75) is 25.2 Å². The number of rotatable bonds is 5. The molecule has 0 radical (unpaired) electrons. The van der Waals surface area contributed by atoms with Gasteiger partial charge in [0.15, 0.2) is 0 Å². The van der Waals surface area contributed by atoms with Gasteiger partial charge >= 0.3 is 5.97 Å². The molecule has 0 spiro atoms. The van der Waals surface area contributed by atoms with E-state index in [1.165, 1.54) is 0 Å². The molecule has 0 aromatic carbocycles. The maximum atomic E-state index is 10.4. The summed E-state index contributed by atoms with van der Waals surface area (Å²) in [5, 5.41) is 8.45. The van der Waals surface area contributed by atoms with Gasteiger partial charge in [0.1, 0.15) is 6.04 Å². The summed E-state index contributed by atoms with van der Waals surface area (Å²) < 4.78 is 28.8. The zero-order valence-corrected chi connectivity index (χ0v) is 5.40. The van der Waals surface area contributed by atoms with Crippen molar-refractivity contribution in [1.82, 2.24) is 0 Å². The Morgan fingerprint density at radius 1 is 1.70 bits per heavy atom. The molecule has 0 rings (SSSR count). The number of carboxylic acid groups (broad SMARTS) is 1. The fraction of sp³-hybridized carbons (Fsp3) is 0.833. The number of nitrogens with two attached hydrogens (primary N) is 2. The van der Waals surface area contributed by atoms with E-state index in [-0.39, 0.29) is 0 Å². The number of hydrogen-bond donors (Lipinski definition) is 3. The number of carbonyl (C=O) groups is 1. The topological polar surface area (TPSA) is 89.3 Å². The Morgan fingerprint density at radius 2 is 2.30 bits per heavy atom. The molecule has 0 saturated carbocycles. The predicted octanol–water partition coefficient (Wildman–Crippen LogP) is -0.473. The van der Waals surface area contributed by atoms with Crippen LogP contribution in [0.1, 0.15) is 24.7 Å². The van der Waals surface area contributed by atoms with Crippen molar-refractivity contribution in [3.63, 3.8) is 0 Å². The SMILES string of the molecule is [2H][13C@@H]([13C@@H]([2H])[13C@H]([15NH2])[13C](=O)O)[13C@H]([2H])[13C@@H]([2H])[15NH2]. The smallest absolute Gasteiger partial charge is 0.320 e. The van der Waals surface area contributed by atoms with E-state index in [0.29, 0.717) is 0 Å². The lowest BCUT2D eigenvalue weighted by molar-refractivity contribution is -0.138. The molecule has 4 heteroatoms. The van der Waals surface area contributed by atoms with Crippen LogP contribution in [-0.4, -0.2) is 23.6 Å². The van der Waals surface area contributed by atoms with Gasteiger partial charge in [0.25, 0.3) is 0 Å². The molecule has 0 heterocycles. The van der Waals surface area contributed by atoms with Crippen molar-refractivity contribution in [3.05, 3.63) is 0 Å². The number of hydrogen-bond acceptors (Lipinski definition) is 3. The van der Waals surface area contributed by atoms with Crippen LogP contribution in [0.2, 0.25) is 0 Å². The van der Waals surface area contributed by atoms with Crippen LogP contribution in [0.25, 0.3) is 0 Å². The Hall–Kier alpha value is -0.610. The maximum absolute atomic E-state index is 10.4. The summed E-state index contributed by atoms with van der Waals surface area (Å²) in [6, 6.07) is -1.52. The molecule has 10 heavy (non-hydrogen) atoms. The van der Waals surface area contributed by atoms with Gasteiger partial charge in [-0.1, -0.05) is 6.40 Å². The van der Waals surface area contributed by atoms with Crippen molar-refractivity contribution in [2.24, 2.45) is 11.5 Å². The Bertz CT molecular complexity index is 204. The first kappa shape index (κ1) is 4.31. The molecule has 0 aliphatic carbocycles. The predicted molar refractivity (Wildman–Crippen MR) is 38.5 cm³/mol. The molecular formula is C6H14N2O2. The van der Waals surface area contributed by atoms with Gasteiger partial charge in [-0.05, 0) is 19.3 Å². The minimum atomic E-state index is -1.52. The fourth-order valence-electron chi connectivity index (χ4n) is 0.330. The van der Waals surface area contributed by atoms with Gasteiger partial charge < -0.3 is 16.6 Å². The van der Waals surface area contributed by atoms with Crippen molar-refractivity contribution < 1.29 is 15.4 Å². The van der Waals surface area contributed by atoms with Gasteiger partial charge in [0, 0.05) is 5.48 Å². The lowest BCUT2D eigenvalue weighted by atomic mass is 11.1. The summed E-state index contributed by atoms with van der Waals surface area (Å²) in [5.41, 5.74) is 10.1. The third-order valence-electron chi connectivity index (χ3n) is 0.826. The van der Waals surface area contributed by atoms with E-state index < -0.39 is 37.7 Å². The zero-order chi connectivity index (χ0) is 11.5. The van der Waals surface area contributed by atoms with E-state index in [9.17, 15) is 4.79 Å². The monoisotopic (exact) mass is 158 g/mol. The third-order valence-corrected chi connectivity index (χ3v) is 0.826. The molecule has 0 amide bonds. The van der Waals surface area contributed by atoms with E-state index in [1.54, 1.807) is 0 Å². The van der Waals surface area contributed by atoms with Gasteiger partial charge in [-0.15, -0.1) is 0 Å². The van der Waals surface area contributed by atoms with Crippen molar-refractivity contribution in [1.29, 1.82) is 0 Å². The summed E-state index contributed by atoms with van der Waals surface area (Å²) in [7, 11) is 0. The Labute approximate surface area is 65.8 Å². The number of aliphatic carboxylic acids is 1. The van der Waals surface area contributed by atoms with Gasteiger partial charge in [0.05, 0.1) is 0 Å². The van der Waals surface area contributed by atoms with Crippen LogP contribution in [0, 0.1) is 0 Å². The van der Waals surface area contributed by atoms with Gasteiger partial charge in [-0.3, -0.25) is 4.79 Å². The molecular weight excluding hydrogens is 140 g/mol. The largest absolute Gasteiger partial charge is 0.480 e. The van der Waals surface area contributed by atoms with E-state index in [4.69, 9.17) is 22.1 Å². The zero-order valence-electron chi connectivity index (χ0n) is 9.40.